The predicted octanol–water partition coefficient (Wildman–Crippen LogP) is 1.26. The number of nitrogens with one attached hydrogen (secondary N) is 2. The van der Waals surface area contributed by atoms with Crippen molar-refractivity contribution < 1.29 is 14.5 Å². The molecule has 0 saturated heterocycles. The van der Waals surface area contributed by atoms with Gasteiger partial charge in [0, 0.05) is 5.69 Å². The molecule has 23 heavy (non-hydrogen) atoms. The fraction of sp³-hybridized carbons (Fsp3) is 0.214. The Morgan fingerprint density at radius 1 is 1.48 bits per heavy atom. The summed E-state index contributed by atoms with van der Waals surface area (Å²) in [7, 11) is 0. The largest absolute Gasteiger partial charge is 0.462 e. The topological polar surface area (TPSA) is 127 Å². The molecule has 1 aromatic heterocycles. The van der Waals surface area contributed by atoms with Crippen molar-refractivity contribution in [1.82, 2.24) is 9.97 Å². The lowest BCUT2D eigenvalue weighted by Gasteiger charge is -2.07. The van der Waals surface area contributed by atoms with E-state index in [4.69, 9.17) is 4.74 Å². The lowest BCUT2D eigenvalue weighted by Crippen LogP contribution is -2.22. The number of amides is 1. The number of nitrogens with zero attached hydrogens (tertiary/aromatic N) is 2. The predicted molar refractivity (Wildman–Crippen MR) is 81.5 cm³/mol. The standard InChI is InChI=1S/C14H14N4O5/c1-2-9-4-3-5-10(6-9)17-11(19)7-23-14-12(18(21)22)13(20)15-8-16-14/h3-6,8H,2,7H2,1H3,(H,17,19)(H,15,16,20). The summed E-state index contributed by atoms with van der Waals surface area (Å²) in [4.78, 5) is 38.7. The van der Waals surface area contributed by atoms with Crippen molar-refractivity contribution in [2.75, 3.05) is 11.9 Å². The minimum Gasteiger partial charge on any atom is -0.462 e. The first kappa shape index (κ1) is 16.1. The maximum atomic E-state index is 11.8. The number of aromatic nitrogens is 2. The second-order valence-electron chi connectivity index (χ2n) is 4.53. The van der Waals surface area contributed by atoms with Crippen LogP contribution >= 0.6 is 0 Å². The Morgan fingerprint density at radius 2 is 2.26 bits per heavy atom. The monoisotopic (exact) mass is 318 g/mol. The molecular weight excluding hydrogens is 304 g/mol. The number of benzene rings is 1. The first-order chi connectivity index (χ1) is 11.0. The summed E-state index contributed by atoms with van der Waals surface area (Å²) in [5.74, 6) is -1.02. The van der Waals surface area contributed by atoms with Crippen LogP contribution in [0.15, 0.2) is 35.4 Å². The van der Waals surface area contributed by atoms with Gasteiger partial charge in [0.1, 0.15) is 0 Å². The third-order valence-electron chi connectivity index (χ3n) is 2.94. The third kappa shape index (κ3) is 4.13. The van der Waals surface area contributed by atoms with Crippen LogP contribution < -0.4 is 15.6 Å². The zero-order valence-corrected chi connectivity index (χ0v) is 12.2. The Morgan fingerprint density at radius 3 is 2.96 bits per heavy atom. The second-order valence-corrected chi connectivity index (χ2v) is 4.53. The van der Waals surface area contributed by atoms with Gasteiger partial charge < -0.3 is 15.0 Å². The molecule has 0 radical (unpaired) electrons. The summed E-state index contributed by atoms with van der Waals surface area (Å²) in [5, 5.41) is 13.4. The molecule has 0 atom stereocenters. The van der Waals surface area contributed by atoms with Gasteiger partial charge in [-0.3, -0.25) is 19.7 Å². The van der Waals surface area contributed by atoms with Crippen LogP contribution in [0.1, 0.15) is 12.5 Å². The van der Waals surface area contributed by atoms with Crippen LogP contribution in [-0.4, -0.2) is 27.4 Å². The van der Waals surface area contributed by atoms with Crippen molar-refractivity contribution in [2.24, 2.45) is 0 Å². The van der Waals surface area contributed by atoms with Crippen LogP contribution in [0, 0.1) is 10.1 Å². The Balaban J connectivity index is 2.04. The number of rotatable bonds is 6. The van der Waals surface area contributed by atoms with Crippen molar-refractivity contribution in [1.29, 1.82) is 0 Å². The molecule has 0 aliphatic heterocycles. The zero-order valence-electron chi connectivity index (χ0n) is 12.2. The summed E-state index contributed by atoms with van der Waals surface area (Å²) >= 11 is 0. The molecule has 0 fully saturated rings. The highest BCUT2D eigenvalue weighted by molar-refractivity contribution is 5.91. The molecule has 1 amide bonds. The molecule has 120 valence electrons. The summed E-state index contributed by atoms with van der Waals surface area (Å²) in [6.45, 7) is 1.48. The van der Waals surface area contributed by atoms with E-state index in [0.717, 1.165) is 18.3 Å². The zero-order chi connectivity index (χ0) is 16.8. The van der Waals surface area contributed by atoms with Crippen molar-refractivity contribution >= 4 is 17.3 Å². The second kappa shape index (κ2) is 7.16. The Bertz CT molecular complexity index is 787. The number of hydrogen-bond acceptors (Lipinski definition) is 6. The minimum atomic E-state index is -0.948. The van der Waals surface area contributed by atoms with Gasteiger partial charge in [0.15, 0.2) is 6.61 Å². The average Bonchev–Trinajstić information content (AvgIpc) is 2.52. The van der Waals surface area contributed by atoms with Gasteiger partial charge in [-0.25, -0.2) is 0 Å². The van der Waals surface area contributed by atoms with Gasteiger partial charge >= 0.3 is 17.1 Å². The highest BCUT2D eigenvalue weighted by Crippen LogP contribution is 2.17. The molecule has 2 N–H and O–H groups in total. The summed E-state index contributed by atoms with van der Waals surface area (Å²) in [6.07, 6.45) is 1.79. The van der Waals surface area contributed by atoms with E-state index in [2.05, 4.69) is 15.3 Å². The molecule has 0 aliphatic carbocycles. The summed E-state index contributed by atoms with van der Waals surface area (Å²) < 4.78 is 4.99. The molecule has 0 bridgehead atoms. The van der Waals surface area contributed by atoms with Crippen LogP contribution in [0.25, 0.3) is 0 Å². The molecule has 2 aromatic rings. The van der Waals surface area contributed by atoms with E-state index in [1.807, 2.05) is 19.1 Å². The highest BCUT2D eigenvalue weighted by Gasteiger charge is 2.22. The maximum Gasteiger partial charge on any atom is 0.395 e. The number of carbonyl (C=O) groups is 1. The van der Waals surface area contributed by atoms with Crippen molar-refractivity contribution in [2.45, 2.75) is 13.3 Å². The Labute approximate surface area is 130 Å². The summed E-state index contributed by atoms with van der Waals surface area (Å²) in [5.41, 5.74) is -0.147. The highest BCUT2D eigenvalue weighted by atomic mass is 16.6. The van der Waals surface area contributed by atoms with E-state index in [0.29, 0.717) is 5.69 Å². The lowest BCUT2D eigenvalue weighted by molar-refractivity contribution is -0.387. The van der Waals surface area contributed by atoms with Crippen LogP contribution in [0.2, 0.25) is 0 Å². The van der Waals surface area contributed by atoms with E-state index < -0.39 is 34.6 Å². The molecular formula is C14H14N4O5. The fourth-order valence-corrected chi connectivity index (χ4v) is 1.84. The first-order valence-corrected chi connectivity index (χ1v) is 6.75. The number of anilines is 1. The number of hydrogen-bond donors (Lipinski definition) is 2. The van der Waals surface area contributed by atoms with Crippen LogP contribution in [0.3, 0.4) is 0 Å². The van der Waals surface area contributed by atoms with Crippen LogP contribution in [0.4, 0.5) is 11.4 Å². The molecule has 0 aliphatic rings. The summed E-state index contributed by atoms with van der Waals surface area (Å²) in [6, 6.07) is 7.25. The van der Waals surface area contributed by atoms with Gasteiger partial charge in [-0.15, -0.1) is 0 Å². The molecule has 2 rings (SSSR count). The number of aromatic amines is 1. The van der Waals surface area contributed by atoms with E-state index in [-0.39, 0.29) is 0 Å². The smallest absolute Gasteiger partial charge is 0.395 e. The van der Waals surface area contributed by atoms with Crippen molar-refractivity contribution in [3.05, 3.63) is 56.6 Å². The SMILES string of the molecule is CCc1cccc(NC(=O)COc2nc[nH]c(=O)c2[N+](=O)[O-])c1. The van der Waals surface area contributed by atoms with E-state index in [1.54, 1.807) is 12.1 Å². The van der Waals surface area contributed by atoms with Gasteiger partial charge in [0.2, 0.25) is 0 Å². The van der Waals surface area contributed by atoms with Gasteiger partial charge in [0.05, 0.1) is 11.3 Å². The Hall–Kier alpha value is -3.23. The number of ether oxygens (including phenoxy) is 1. The van der Waals surface area contributed by atoms with Crippen LogP contribution in [0.5, 0.6) is 5.88 Å². The molecule has 9 heteroatoms. The number of H-pyrrole nitrogens is 1. The van der Waals surface area contributed by atoms with Crippen molar-refractivity contribution in [3.8, 4) is 5.88 Å². The molecule has 1 aromatic carbocycles. The molecule has 0 saturated carbocycles. The molecule has 0 unspecified atom stereocenters. The minimum absolute atomic E-state index is 0.504. The number of carbonyl (C=O) groups excluding carboxylic acids is 1. The quantitative estimate of drug-likeness (QED) is 0.609. The average molecular weight is 318 g/mol. The van der Waals surface area contributed by atoms with Gasteiger partial charge in [-0.05, 0) is 24.1 Å². The number of aryl methyl sites for hydroxylation is 1. The normalized spacial score (nSPS) is 10.1. The lowest BCUT2D eigenvalue weighted by atomic mass is 10.1. The van der Waals surface area contributed by atoms with Crippen LogP contribution in [-0.2, 0) is 11.2 Å². The van der Waals surface area contributed by atoms with Gasteiger partial charge in [-0.2, -0.15) is 4.98 Å². The molecule has 0 spiro atoms. The Kier molecular flexibility index (Phi) is 5.03. The first-order valence-electron chi connectivity index (χ1n) is 6.75. The van der Waals surface area contributed by atoms with Crippen molar-refractivity contribution in [3.63, 3.8) is 0 Å². The van der Waals surface area contributed by atoms with Gasteiger partial charge in [0.25, 0.3) is 5.91 Å². The fourth-order valence-electron chi connectivity index (χ4n) is 1.84. The van der Waals surface area contributed by atoms with E-state index in [1.165, 1.54) is 0 Å². The molecule has 9 nitrogen and oxygen atoms in total. The van der Waals surface area contributed by atoms with E-state index in [9.17, 15) is 19.7 Å². The molecule has 1 heterocycles. The number of nitro groups is 1. The van der Waals surface area contributed by atoms with Gasteiger partial charge in [-0.1, -0.05) is 19.1 Å². The maximum absolute atomic E-state index is 11.8. The van der Waals surface area contributed by atoms with E-state index >= 15 is 0 Å². The third-order valence-corrected chi connectivity index (χ3v) is 2.94.